The minimum absolute atomic E-state index is 0.244. The van der Waals surface area contributed by atoms with Crippen LogP contribution in [0.3, 0.4) is 0 Å². The highest BCUT2D eigenvalue weighted by Crippen LogP contribution is 2.33. The van der Waals surface area contributed by atoms with Gasteiger partial charge in [-0.3, -0.25) is 0 Å². The molecule has 5 heteroatoms. The molecule has 122 valence electrons. The van der Waals surface area contributed by atoms with Crippen LogP contribution in [-0.4, -0.2) is 19.5 Å². The van der Waals surface area contributed by atoms with Gasteiger partial charge in [0.1, 0.15) is 23.7 Å². The summed E-state index contributed by atoms with van der Waals surface area (Å²) in [6.07, 6.45) is 4.41. The van der Waals surface area contributed by atoms with Crippen LogP contribution >= 0.6 is 0 Å². The van der Waals surface area contributed by atoms with Crippen LogP contribution < -0.4 is 15.1 Å². The highest BCUT2D eigenvalue weighted by molar-refractivity contribution is 5.87. The van der Waals surface area contributed by atoms with Gasteiger partial charge in [-0.15, -0.1) is 0 Å². The molecule has 23 heavy (non-hydrogen) atoms. The lowest BCUT2D eigenvalue weighted by Gasteiger charge is -2.24. The van der Waals surface area contributed by atoms with Crippen LogP contribution in [0.1, 0.15) is 24.8 Å². The molecular formula is C18H20O5. The lowest BCUT2D eigenvalue weighted by atomic mass is 10.1. The van der Waals surface area contributed by atoms with Crippen LogP contribution in [0.15, 0.2) is 40.1 Å². The third-order valence-corrected chi connectivity index (χ3v) is 3.83. The number of hydrogen-bond donors (Lipinski definition) is 0. The summed E-state index contributed by atoms with van der Waals surface area (Å²) in [4.78, 5) is 11.8. The van der Waals surface area contributed by atoms with E-state index in [-0.39, 0.29) is 6.29 Å². The summed E-state index contributed by atoms with van der Waals surface area (Å²) in [6.45, 7) is 6.52. The monoisotopic (exact) mass is 316 g/mol. The average Bonchev–Trinajstić information content (AvgIpc) is 2.56. The first-order chi connectivity index (χ1) is 11.2. The van der Waals surface area contributed by atoms with E-state index in [2.05, 4.69) is 6.58 Å². The van der Waals surface area contributed by atoms with E-state index < -0.39 is 5.63 Å². The molecule has 1 atom stereocenters. The first-order valence-electron chi connectivity index (χ1n) is 7.78. The van der Waals surface area contributed by atoms with Gasteiger partial charge in [0.25, 0.3) is 0 Å². The van der Waals surface area contributed by atoms with Crippen molar-refractivity contribution in [1.29, 1.82) is 0 Å². The molecule has 1 aromatic carbocycles. The topological polar surface area (TPSA) is 57.9 Å². The Morgan fingerprint density at radius 3 is 2.96 bits per heavy atom. The Balaban J connectivity index is 1.97. The lowest BCUT2D eigenvalue weighted by Crippen LogP contribution is -2.25. The Bertz CT molecular complexity index is 756. The molecule has 3 rings (SSSR count). The molecule has 1 unspecified atom stereocenters. The molecule has 0 bridgehead atoms. The maximum absolute atomic E-state index is 11.8. The second-order valence-electron chi connectivity index (χ2n) is 5.51. The van der Waals surface area contributed by atoms with Gasteiger partial charge in [0.15, 0.2) is 6.29 Å². The van der Waals surface area contributed by atoms with Gasteiger partial charge in [-0.05, 0) is 31.9 Å². The molecule has 2 aromatic rings. The molecule has 1 aromatic heterocycles. The SMILES string of the molecule is C=CCOc1cc(=O)oc2c(C)c(OC3CCCCO3)ccc12. The normalized spacial score (nSPS) is 17.9. The van der Waals surface area contributed by atoms with Crippen molar-refractivity contribution in [3.63, 3.8) is 0 Å². The molecule has 2 heterocycles. The van der Waals surface area contributed by atoms with Crippen molar-refractivity contribution in [2.24, 2.45) is 0 Å². The van der Waals surface area contributed by atoms with Crippen LogP contribution in [-0.2, 0) is 4.74 Å². The average molecular weight is 316 g/mol. The van der Waals surface area contributed by atoms with Gasteiger partial charge in [0, 0.05) is 12.0 Å². The molecule has 0 saturated carbocycles. The van der Waals surface area contributed by atoms with E-state index in [0.29, 0.717) is 30.3 Å². The van der Waals surface area contributed by atoms with Crippen molar-refractivity contribution in [2.75, 3.05) is 13.2 Å². The summed E-state index contributed by atoms with van der Waals surface area (Å²) in [6, 6.07) is 5.04. The molecule has 1 aliphatic heterocycles. The summed E-state index contributed by atoms with van der Waals surface area (Å²) in [5.41, 5.74) is 0.786. The molecule has 0 spiro atoms. The van der Waals surface area contributed by atoms with Crippen LogP contribution in [0.5, 0.6) is 11.5 Å². The summed E-state index contributed by atoms with van der Waals surface area (Å²) in [5, 5.41) is 0.737. The second kappa shape index (κ2) is 6.87. The molecule has 5 nitrogen and oxygen atoms in total. The van der Waals surface area contributed by atoms with Gasteiger partial charge in [-0.2, -0.15) is 0 Å². The fourth-order valence-corrected chi connectivity index (χ4v) is 2.66. The maximum Gasteiger partial charge on any atom is 0.339 e. The quantitative estimate of drug-likeness (QED) is 0.623. The Labute approximate surface area is 134 Å². The highest BCUT2D eigenvalue weighted by Gasteiger charge is 2.18. The molecule has 0 N–H and O–H groups in total. The summed E-state index contributed by atoms with van der Waals surface area (Å²) < 4.78 is 22.4. The standard InChI is InChI=1S/C18H20O5/c1-3-9-20-15-11-16(19)23-18-12(2)14(8-7-13(15)18)22-17-6-4-5-10-21-17/h3,7-8,11,17H,1,4-6,9-10H2,2H3. The minimum atomic E-state index is -0.453. The Morgan fingerprint density at radius 2 is 2.22 bits per heavy atom. The summed E-state index contributed by atoms with van der Waals surface area (Å²) >= 11 is 0. The number of rotatable bonds is 5. The Kier molecular flexibility index (Phi) is 4.67. The molecule has 0 radical (unpaired) electrons. The van der Waals surface area contributed by atoms with Crippen molar-refractivity contribution >= 4 is 11.0 Å². The van der Waals surface area contributed by atoms with Crippen molar-refractivity contribution in [2.45, 2.75) is 32.5 Å². The van der Waals surface area contributed by atoms with Crippen LogP contribution in [0.2, 0.25) is 0 Å². The predicted molar refractivity (Wildman–Crippen MR) is 87.1 cm³/mol. The van der Waals surface area contributed by atoms with E-state index in [1.54, 1.807) is 6.08 Å². The smallest absolute Gasteiger partial charge is 0.339 e. The lowest BCUT2D eigenvalue weighted by molar-refractivity contribution is -0.106. The van der Waals surface area contributed by atoms with E-state index in [1.165, 1.54) is 6.07 Å². The Hall–Kier alpha value is -2.27. The Morgan fingerprint density at radius 1 is 1.35 bits per heavy atom. The molecule has 1 fully saturated rings. The molecule has 1 aliphatic rings. The van der Waals surface area contributed by atoms with Crippen LogP contribution in [0.4, 0.5) is 0 Å². The zero-order chi connectivity index (χ0) is 16.2. The maximum atomic E-state index is 11.8. The van der Waals surface area contributed by atoms with Crippen molar-refractivity contribution < 1.29 is 18.6 Å². The van der Waals surface area contributed by atoms with Gasteiger partial charge in [0.2, 0.25) is 0 Å². The largest absolute Gasteiger partial charge is 0.489 e. The molecule has 0 amide bonds. The first kappa shape index (κ1) is 15.6. The zero-order valence-electron chi connectivity index (χ0n) is 13.2. The fraction of sp³-hybridized carbons (Fsp3) is 0.389. The van der Waals surface area contributed by atoms with E-state index >= 15 is 0 Å². The predicted octanol–water partition coefficient (Wildman–Crippen LogP) is 3.57. The summed E-state index contributed by atoms with van der Waals surface area (Å²) in [5.74, 6) is 1.15. The van der Waals surface area contributed by atoms with E-state index in [1.807, 2.05) is 19.1 Å². The van der Waals surface area contributed by atoms with E-state index in [4.69, 9.17) is 18.6 Å². The van der Waals surface area contributed by atoms with Gasteiger partial charge >= 0.3 is 5.63 Å². The minimum Gasteiger partial charge on any atom is -0.489 e. The fourth-order valence-electron chi connectivity index (χ4n) is 2.66. The third kappa shape index (κ3) is 3.40. The van der Waals surface area contributed by atoms with E-state index in [0.717, 1.165) is 30.2 Å². The molecule has 1 saturated heterocycles. The van der Waals surface area contributed by atoms with Crippen molar-refractivity contribution in [3.05, 3.63) is 46.8 Å². The number of ether oxygens (including phenoxy) is 3. The zero-order valence-corrected chi connectivity index (χ0v) is 13.2. The number of aryl methyl sites for hydroxylation is 1. The number of hydrogen-bond acceptors (Lipinski definition) is 5. The van der Waals surface area contributed by atoms with Crippen LogP contribution in [0.25, 0.3) is 11.0 Å². The second-order valence-corrected chi connectivity index (χ2v) is 5.51. The molecular weight excluding hydrogens is 296 g/mol. The van der Waals surface area contributed by atoms with Crippen molar-refractivity contribution in [1.82, 2.24) is 0 Å². The highest BCUT2D eigenvalue weighted by atomic mass is 16.7. The van der Waals surface area contributed by atoms with Crippen molar-refractivity contribution in [3.8, 4) is 11.5 Å². The van der Waals surface area contributed by atoms with Gasteiger partial charge in [-0.25, -0.2) is 4.79 Å². The first-order valence-corrected chi connectivity index (χ1v) is 7.78. The van der Waals surface area contributed by atoms with Gasteiger partial charge in [0.05, 0.1) is 18.1 Å². The third-order valence-electron chi connectivity index (χ3n) is 3.83. The summed E-state index contributed by atoms with van der Waals surface area (Å²) in [7, 11) is 0. The van der Waals surface area contributed by atoms with Gasteiger partial charge in [-0.1, -0.05) is 12.7 Å². The number of benzene rings is 1. The molecule has 0 aliphatic carbocycles. The number of fused-ring (bicyclic) bond motifs is 1. The van der Waals surface area contributed by atoms with Crippen LogP contribution in [0, 0.1) is 6.92 Å². The van der Waals surface area contributed by atoms with Gasteiger partial charge < -0.3 is 18.6 Å². The van der Waals surface area contributed by atoms with E-state index in [9.17, 15) is 4.79 Å².